The quantitative estimate of drug-likeness (QED) is 0.650. The third-order valence-corrected chi connectivity index (χ3v) is 1.94. The molecule has 1 amide bonds. The fourth-order valence-electron chi connectivity index (χ4n) is 1.33. The topological polar surface area (TPSA) is 29.1 Å². The van der Waals surface area contributed by atoms with Crippen LogP contribution in [0, 0.1) is 0 Å². The van der Waals surface area contributed by atoms with E-state index in [2.05, 4.69) is 5.32 Å². The van der Waals surface area contributed by atoms with Crippen molar-refractivity contribution in [2.45, 2.75) is 0 Å². The second-order valence-electron chi connectivity index (χ2n) is 2.79. The minimum atomic E-state index is 0. The first kappa shape index (κ1) is 11.3. The Hall–Kier alpha value is -0.726. The van der Waals surface area contributed by atoms with Gasteiger partial charge in [0.1, 0.15) is 0 Å². The molecule has 0 aliphatic rings. The molecular formula is C11H8NOY-. The van der Waals surface area contributed by atoms with E-state index in [1.807, 2.05) is 42.5 Å². The van der Waals surface area contributed by atoms with Crippen molar-refractivity contribution in [2.24, 2.45) is 0 Å². The molecule has 1 N–H and O–H groups in total. The predicted octanol–water partition coefficient (Wildman–Crippen LogP) is 2.32. The zero-order chi connectivity index (χ0) is 9.10. The molecule has 0 unspecified atom stereocenters. The van der Waals surface area contributed by atoms with E-state index in [0.717, 1.165) is 11.1 Å². The number of fused-ring (bicyclic) bond motifs is 1. The number of hydrogen-bond donors (Lipinski definition) is 1. The Morgan fingerprint density at radius 2 is 1.71 bits per heavy atom. The Morgan fingerprint density at radius 1 is 1.00 bits per heavy atom. The van der Waals surface area contributed by atoms with Gasteiger partial charge in [0.25, 0.3) is 0 Å². The van der Waals surface area contributed by atoms with Crippen LogP contribution < -0.4 is 5.32 Å². The second kappa shape index (κ2) is 5.23. The van der Waals surface area contributed by atoms with Crippen LogP contribution in [-0.4, -0.2) is 6.41 Å². The van der Waals surface area contributed by atoms with E-state index in [-0.39, 0.29) is 32.7 Å². The Morgan fingerprint density at radius 3 is 2.43 bits per heavy atom. The van der Waals surface area contributed by atoms with Crippen LogP contribution in [0.2, 0.25) is 0 Å². The molecule has 0 aliphatic carbocycles. The molecule has 3 heteroatoms. The average Bonchev–Trinajstić information content (AvgIpc) is 2.18. The normalized spacial score (nSPS) is 9.14. The Bertz CT molecular complexity index is 442. The standard InChI is InChI=1S/C11H8NO.Y/c13-8-12-11-6-5-9-3-1-2-4-10(9)7-11;/h1-7H,(H,12,13);/q-1;. The Kier molecular flexibility index (Phi) is 4.24. The largest absolute Gasteiger partial charge is 0.490 e. The summed E-state index contributed by atoms with van der Waals surface area (Å²) in [6.45, 7) is 0. The van der Waals surface area contributed by atoms with Gasteiger partial charge in [-0.25, -0.2) is 0 Å². The van der Waals surface area contributed by atoms with E-state index in [0.29, 0.717) is 0 Å². The number of rotatable bonds is 2. The van der Waals surface area contributed by atoms with E-state index in [1.165, 1.54) is 5.39 Å². The van der Waals surface area contributed by atoms with Gasteiger partial charge in [-0.2, -0.15) is 0 Å². The maximum absolute atomic E-state index is 10.1. The zero-order valence-electron chi connectivity index (χ0n) is 7.53. The number of nitrogens with one attached hydrogen (secondary N) is 1. The van der Waals surface area contributed by atoms with Crippen LogP contribution in [0.1, 0.15) is 0 Å². The maximum atomic E-state index is 10.1. The van der Waals surface area contributed by atoms with E-state index in [1.54, 1.807) is 6.41 Å². The van der Waals surface area contributed by atoms with Gasteiger partial charge in [0.15, 0.2) is 0 Å². The van der Waals surface area contributed by atoms with Gasteiger partial charge in [-0.3, -0.25) is 0 Å². The van der Waals surface area contributed by atoms with Gasteiger partial charge in [0.2, 0.25) is 0 Å². The zero-order valence-corrected chi connectivity index (χ0v) is 10.4. The van der Waals surface area contributed by atoms with Crippen molar-refractivity contribution in [3.05, 3.63) is 42.5 Å². The first-order chi connectivity index (χ1) is 6.40. The molecule has 2 aromatic rings. The van der Waals surface area contributed by atoms with Crippen molar-refractivity contribution in [3.63, 3.8) is 0 Å². The fourth-order valence-corrected chi connectivity index (χ4v) is 1.33. The van der Waals surface area contributed by atoms with Crippen molar-refractivity contribution >= 4 is 22.9 Å². The van der Waals surface area contributed by atoms with Gasteiger partial charge < -0.3 is 10.1 Å². The van der Waals surface area contributed by atoms with Crippen LogP contribution in [0.5, 0.6) is 0 Å². The molecule has 2 nitrogen and oxygen atoms in total. The van der Waals surface area contributed by atoms with Crippen molar-refractivity contribution < 1.29 is 37.5 Å². The van der Waals surface area contributed by atoms with Crippen LogP contribution in [0.4, 0.5) is 5.69 Å². The molecule has 0 atom stereocenters. The minimum absolute atomic E-state index is 0. The molecule has 2 rings (SSSR count). The van der Waals surface area contributed by atoms with E-state index in [9.17, 15) is 4.79 Å². The van der Waals surface area contributed by atoms with E-state index < -0.39 is 0 Å². The van der Waals surface area contributed by atoms with Crippen molar-refractivity contribution in [2.75, 3.05) is 5.32 Å². The second-order valence-corrected chi connectivity index (χ2v) is 2.79. The van der Waals surface area contributed by atoms with Crippen LogP contribution in [0.15, 0.2) is 42.5 Å². The SMILES string of the molecule is O=[C-]Nc1ccc2ccccc2c1.[Y]. The fraction of sp³-hybridized carbons (Fsp3) is 0. The summed E-state index contributed by atoms with van der Waals surface area (Å²) < 4.78 is 0. The molecule has 2 aromatic carbocycles. The van der Waals surface area contributed by atoms with Crippen LogP contribution in [0.3, 0.4) is 0 Å². The van der Waals surface area contributed by atoms with Gasteiger partial charge in [-0.1, -0.05) is 30.3 Å². The first-order valence-corrected chi connectivity index (χ1v) is 4.02. The summed E-state index contributed by atoms with van der Waals surface area (Å²) in [7, 11) is 0. The first-order valence-electron chi connectivity index (χ1n) is 4.02. The summed E-state index contributed by atoms with van der Waals surface area (Å²) in [5.74, 6) is 0. The molecule has 67 valence electrons. The van der Waals surface area contributed by atoms with Gasteiger partial charge in [-0.15, -0.1) is 17.8 Å². The molecular weight excluding hydrogens is 251 g/mol. The van der Waals surface area contributed by atoms with E-state index >= 15 is 0 Å². The van der Waals surface area contributed by atoms with Crippen LogP contribution in [0.25, 0.3) is 10.8 Å². The summed E-state index contributed by atoms with van der Waals surface area (Å²) in [5.41, 5.74) is 0.772. The molecule has 14 heavy (non-hydrogen) atoms. The average molecular weight is 259 g/mol. The van der Waals surface area contributed by atoms with Crippen LogP contribution in [-0.2, 0) is 37.5 Å². The summed E-state index contributed by atoms with van der Waals surface area (Å²) in [5, 5.41) is 4.77. The van der Waals surface area contributed by atoms with Gasteiger partial charge in [0.05, 0.1) is 6.41 Å². The molecule has 1 radical (unpaired) electrons. The summed E-state index contributed by atoms with van der Waals surface area (Å²) in [6.07, 6.45) is 1.65. The van der Waals surface area contributed by atoms with Gasteiger partial charge >= 0.3 is 0 Å². The third-order valence-electron chi connectivity index (χ3n) is 1.94. The number of carbonyl (C=O) groups excluding carboxylic acids is 1. The van der Waals surface area contributed by atoms with Crippen molar-refractivity contribution in [3.8, 4) is 0 Å². The van der Waals surface area contributed by atoms with Crippen molar-refractivity contribution in [1.29, 1.82) is 0 Å². The molecule has 0 aliphatic heterocycles. The smallest absolute Gasteiger partial charge is 0.0692 e. The maximum Gasteiger partial charge on any atom is 0.0692 e. The number of anilines is 1. The molecule has 0 aromatic heterocycles. The summed E-state index contributed by atoms with van der Waals surface area (Å²) in [6, 6.07) is 13.7. The molecule has 0 bridgehead atoms. The third kappa shape index (κ3) is 2.40. The Balaban J connectivity index is 0.000000980. The molecule has 0 fully saturated rings. The number of amides is 1. The predicted molar refractivity (Wildman–Crippen MR) is 53.3 cm³/mol. The Labute approximate surface area is 108 Å². The molecule has 0 heterocycles. The van der Waals surface area contributed by atoms with E-state index in [4.69, 9.17) is 0 Å². The number of benzene rings is 2. The number of hydrogen-bond acceptors (Lipinski definition) is 1. The minimum Gasteiger partial charge on any atom is -0.490 e. The molecule has 0 saturated carbocycles. The summed E-state index contributed by atoms with van der Waals surface area (Å²) in [4.78, 5) is 10.1. The molecule has 0 saturated heterocycles. The monoisotopic (exact) mass is 259 g/mol. The van der Waals surface area contributed by atoms with Gasteiger partial charge in [-0.05, 0) is 10.8 Å². The van der Waals surface area contributed by atoms with Crippen molar-refractivity contribution in [1.82, 2.24) is 0 Å². The summed E-state index contributed by atoms with van der Waals surface area (Å²) >= 11 is 0. The van der Waals surface area contributed by atoms with Gasteiger partial charge in [0, 0.05) is 32.7 Å². The molecule has 0 spiro atoms. The van der Waals surface area contributed by atoms with Crippen LogP contribution >= 0.6 is 0 Å².